The second-order valence-electron chi connectivity index (χ2n) is 5.31. The highest BCUT2D eigenvalue weighted by Crippen LogP contribution is 2.37. The summed E-state index contributed by atoms with van der Waals surface area (Å²) in [4.78, 5) is 12.1. The van der Waals surface area contributed by atoms with Crippen LogP contribution in [0.15, 0.2) is 24.3 Å². The van der Waals surface area contributed by atoms with E-state index >= 15 is 0 Å². The zero-order valence-electron chi connectivity index (χ0n) is 11.3. The molecule has 0 aliphatic heterocycles. The van der Waals surface area contributed by atoms with E-state index in [-0.39, 0.29) is 11.9 Å². The summed E-state index contributed by atoms with van der Waals surface area (Å²) in [6.45, 7) is 2.07. The largest absolute Gasteiger partial charge is 0.469 e. The molecule has 1 atom stereocenters. The predicted molar refractivity (Wildman–Crippen MR) is 72.5 cm³/mol. The maximum absolute atomic E-state index is 12.1. The van der Waals surface area contributed by atoms with E-state index in [0.717, 1.165) is 18.4 Å². The van der Waals surface area contributed by atoms with Crippen LogP contribution < -0.4 is 0 Å². The highest BCUT2D eigenvalue weighted by Gasteiger charge is 2.31. The van der Waals surface area contributed by atoms with Crippen molar-refractivity contribution in [2.24, 2.45) is 5.92 Å². The van der Waals surface area contributed by atoms with E-state index in [0.29, 0.717) is 5.92 Å². The number of benzene rings is 1. The van der Waals surface area contributed by atoms with Gasteiger partial charge in [0.15, 0.2) is 0 Å². The van der Waals surface area contributed by atoms with E-state index in [9.17, 15) is 4.79 Å². The summed E-state index contributed by atoms with van der Waals surface area (Å²) in [6, 6.07) is 8.28. The number of hydrogen-bond acceptors (Lipinski definition) is 2. The summed E-state index contributed by atoms with van der Waals surface area (Å²) in [7, 11) is 1.49. The molecular formula is C16H22O2. The van der Waals surface area contributed by atoms with Crippen molar-refractivity contribution in [2.45, 2.75) is 44.9 Å². The van der Waals surface area contributed by atoms with Gasteiger partial charge in [0.25, 0.3) is 0 Å². The Bertz CT molecular complexity index is 405. The van der Waals surface area contributed by atoms with Gasteiger partial charge in [-0.3, -0.25) is 4.79 Å². The summed E-state index contributed by atoms with van der Waals surface area (Å²) < 4.78 is 5.02. The lowest BCUT2D eigenvalue weighted by Gasteiger charge is -2.28. The summed E-state index contributed by atoms with van der Waals surface area (Å²) >= 11 is 0. The van der Waals surface area contributed by atoms with Gasteiger partial charge in [0.05, 0.1) is 13.0 Å². The molecule has 2 heteroatoms. The molecular weight excluding hydrogens is 224 g/mol. The molecule has 0 spiro atoms. The number of hydrogen-bond donors (Lipinski definition) is 0. The SMILES string of the molecule is COC(=O)C(c1cccc(C)c1)C1CCCCC1. The Morgan fingerprint density at radius 1 is 1.28 bits per heavy atom. The molecule has 2 nitrogen and oxygen atoms in total. The van der Waals surface area contributed by atoms with Gasteiger partial charge >= 0.3 is 5.97 Å². The number of ether oxygens (including phenoxy) is 1. The van der Waals surface area contributed by atoms with Gasteiger partial charge in [0.2, 0.25) is 0 Å². The molecule has 1 aliphatic rings. The van der Waals surface area contributed by atoms with Crippen LogP contribution in [0.1, 0.15) is 49.1 Å². The van der Waals surface area contributed by atoms with Crippen molar-refractivity contribution in [3.8, 4) is 0 Å². The predicted octanol–water partition coefficient (Wildman–Crippen LogP) is 3.83. The Morgan fingerprint density at radius 3 is 2.61 bits per heavy atom. The summed E-state index contributed by atoms with van der Waals surface area (Å²) in [6.07, 6.45) is 6.08. The fourth-order valence-electron chi connectivity index (χ4n) is 3.06. The van der Waals surface area contributed by atoms with Crippen LogP contribution in [0.4, 0.5) is 0 Å². The fourth-order valence-corrected chi connectivity index (χ4v) is 3.06. The quantitative estimate of drug-likeness (QED) is 0.758. The van der Waals surface area contributed by atoms with E-state index in [4.69, 9.17) is 4.74 Å². The molecule has 1 unspecified atom stereocenters. The van der Waals surface area contributed by atoms with Crippen LogP contribution in [0.5, 0.6) is 0 Å². The van der Waals surface area contributed by atoms with Crippen molar-refractivity contribution in [3.63, 3.8) is 0 Å². The number of rotatable bonds is 3. The highest BCUT2D eigenvalue weighted by atomic mass is 16.5. The molecule has 18 heavy (non-hydrogen) atoms. The molecule has 1 fully saturated rings. The third kappa shape index (κ3) is 2.92. The molecule has 1 saturated carbocycles. The zero-order chi connectivity index (χ0) is 13.0. The van der Waals surface area contributed by atoms with Gasteiger partial charge < -0.3 is 4.74 Å². The zero-order valence-corrected chi connectivity index (χ0v) is 11.3. The van der Waals surface area contributed by atoms with Crippen LogP contribution in [0.25, 0.3) is 0 Å². The van der Waals surface area contributed by atoms with Crippen LogP contribution in [0.3, 0.4) is 0 Å². The Labute approximate surface area is 109 Å². The molecule has 98 valence electrons. The lowest BCUT2D eigenvalue weighted by atomic mass is 9.76. The van der Waals surface area contributed by atoms with E-state index < -0.39 is 0 Å². The molecule has 0 heterocycles. The van der Waals surface area contributed by atoms with Crippen LogP contribution in [0, 0.1) is 12.8 Å². The first kappa shape index (κ1) is 13.1. The third-order valence-electron chi connectivity index (χ3n) is 3.98. The first-order chi connectivity index (χ1) is 8.72. The highest BCUT2D eigenvalue weighted by molar-refractivity contribution is 5.78. The Balaban J connectivity index is 2.26. The molecule has 0 bridgehead atoms. The Hall–Kier alpha value is -1.31. The Morgan fingerprint density at radius 2 is 2.00 bits per heavy atom. The normalized spacial score (nSPS) is 18.3. The monoisotopic (exact) mass is 246 g/mol. The standard InChI is InChI=1S/C16H22O2/c1-12-7-6-10-14(11-12)15(16(17)18-2)13-8-4-3-5-9-13/h6-7,10-11,13,15H,3-5,8-9H2,1-2H3. The van der Waals surface area contributed by atoms with Gasteiger partial charge in [-0.25, -0.2) is 0 Å². The van der Waals surface area contributed by atoms with Crippen molar-refractivity contribution in [1.82, 2.24) is 0 Å². The van der Waals surface area contributed by atoms with Crippen LogP contribution >= 0.6 is 0 Å². The topological polar surface area (TPSA) is 26.3 Å². The molecule has 0 N–H and O–H groups in total. The van der Waals surface area contributed by atoms with E-state index in [2.05, 4.69) is 25.1 Å². The van der Waals surface area contributed by atoms with Gasteiger partial charge in [0.1, 0.15) is 0 Å². The second-order valence-corrected chi connectivity index (χ2v) is 5.31. The number of carbonyl (C=O) groups is 1. The number of esters is 1. The average molecular weight is 246 g/mol. The van der Waals surface area contributed by atoms with Crippen LogP contribution in [-0.2, 0) is 9.53 Å². The minimum Gasteiger partial charge on any atom is -0.469 e. The molecule has 1 aromatic rings. The molecule has 0 saturated heterocycles. The second kappa shape index (κ2) is 6.03. The fraction of sp³-hybridized carbons (Fsp3) is 0.562. The van der Waals surface area contributed by atoms with Gasteiger partial charge in [0, 0.05) is 0 Å². The van der Waals surface area contributed by atoms with Crippen molar-refractivity contribution in [2.75, 3.05) is 7.11 Å². The maximum Gasteiger partial charge on any atom is 0.313 e. The molecule has 0 aromatic heterocycles. The summed E-state index contributed by atoms with van der Waals surface area (Å²) in [5.41, 5.74) is 2.32. The van der Waals surface area contributed by atoms with Gasteiger partial charge in [-0.2, -0.15) is 0 Å². The van der Waals surface area contributed by atoms with Crippen molar-refractivity contribution < 1.29 is 9.53 Å². The molecule has 1 aromatic carbocycles. The lowest BCUT2D eigenvalue weighted by Crippen LogP contribution is -2.25. The van der Waals surface area contributed by atoms with E-state index in [1.165, 1.54) is 31.9 Å². The molecule has 2 rings (SSSR count). The first-order valence-electron chi connectivity index (χ1n) is 6.87. The van der Waals surface area contributed by atoms with E-state index in [1.807, 2.05) is 6.07 Å². The number of aryl methyl sites for hydroxylation is 1. The van der Waals surface area contributed by atoms with Crippen molar-refractivity contribution in [1.29, 1.82) is 0 Å². The van der Waals surface area contributed by atoms with Crippen LogP contribution in [0.2, 0.25) is 0 Å². The van der Waals surface area contributed by atoms with Crippen molar-refractivity contribution in [3.05, 3.63) is 35.4 Å². The minimum atomic E-state index is -0.0764. The molecule has 0 radical (unpaired) electrons. The number of methoxy groups -OCH3 is 1. The van der Waals surface area contributed by atoms with Gasteiger partial charge in [-0.1, -0.05) is 49.1 Å². The maximum atomic E-state index is 12.1. The van der Waals surface area contributed by atoms with Gasteiger partial charge in [-0.15, -0.1) is 0 Å². The molecule has 0 amide bonds. The van der Waals surface area contributed by atoms with Crippen LogP contribution in [-0.4, -0.2) is 13.1 Å². The Kier molecular flexibility index (Phi) is 4.40. The molecule has 1 aliphatic carbocycles. The smallest absolute Gasteiger partial charge is 0.313 e. The van der Waals surface area contributed by atoms with Crippen molar-refractivity contribution >= 4 is 5.97 Å². The summed E-state index contributed by atoms with van der Waals surface area (Å²) in [5.74, 6) is 0.302. The van der Waals surface area contributed by atoms with Gasteiger partial charge in [-0.05, 0) is 31.2 Å². The summed E-state index contributed by atoms with van der Waals surface area (Å²) in [5, 5.41) is 0. The van der Waals surface area contributed by atoms with E-state index in [1.54, 1.807) is 0 Å². The third-order valence-corrected chi connectivity index (χ3v) is 3.98. The number of carbonyl (C=O) groups excluding carboxylic acids is 1. The average Bonchev–Trinajstić information content (AvgIpc) is 2.40. The minimum absolute atomic E-state index is 0.0739. The lowest BCUT2D eigenvalue weighted by molar-refractivity contribution is -0.144. The first-order valence-corrected chi connectivity index (χ1v) is 6.87.